The lowest BCUT2D eigenvalue weighted by Crippen LogP contribution is -2.46. The van der Waals surface area contributed by atoms with Crippen molar-refractivity contribution in [3.8, 4) is 0 Å². The molecule has 4 N–H and O–H groups in total. The Morgan fingerprint density at radius 2 is 2.00 bits per heavy atom. The third-order valence-electron chi connectivity index (χ3n) is 3.62. The number of alkyl carbamates (subject to hydrolysis) is 1. The molecule has 1 saturated carbocycles. The van der Waals surface area contributed by atoms with Crippen LogP contribution in [0.1, 0.15) is 52.9 Å². The topological polar surface area (TPSA) is 76.4 Å². The summed E-state index contributed by atoms with van der Waals surface area (Å²) in [6.45, 7) is 7.86. The monoisotopic (exact) mass is 285 g/mol. The molecular formula is C15H31N3O2. The predicted octanol–water partition coefficient (Wildman–Crippen LogP) is 2.01. The quantitative estimate of drug-likeness (QED) is 0.625. The zero-order valence-corrected chi connectivity index (χ0v) is 13.2. The van der Waals surface area contributed by atoms with Gasteiger partial charge in [0.2, 0.25) is 0 Å². The van der Waals surface area contributed by atoms with Crippen LogP contribution in [0.4, 0.5) is 4.79 Å². The first-order valence-corrected chi connectivity index (χ1v) is 7.82. The van der Waals surface area contributed by atoms with Crippen LogP contribution in [0.25, 0.3) is 0 Å². The molecule has 1 rings (SSSR count). The number of hydrogen-bond acceptors (Lipinski definition) is 4. The van der Waals surface area contributed by atoms with Crippen LogP contribution < -0.4 is 16.4 Å². The number of carbonyl (C=O) groups is 1. The minimum absolute atomic E-state index is 0.330. The largest absolute Gasteiger partial charge is 0.444 e. The molecule has 0 saturated heterocycles. The number of nitrogens with two attached hydrogens (primary N) is 1. The number of ether oxygens (including phenoxy) is 1. The van der Waals surface area contributed by atoms with Gasteiger partial charge in [-0.15, -0.1) is 0 Å². The smallest absolute Gasteiger partial charge is 0.407 e. The van der Waals surface area contributed by atoms with Crippen LogP contribution in [0.15, 0.2) is 0 Å². The van der Waals surface area contributed by atoms with Crippen LogP contribution in [0, 0.1) is 5.92 Å². The minimum atomic E-state index is -0.445. The van der Waals surface area contributed by atoms with Crippen molar-refractivity contribution < 1.29 is 9.53 Å². The molecule has 5 heteroatoms. The molecule has 0 heterocycles. The normalized spacial score (nSPS) is 18.0. The Morgan fingerprint density at radius 3 is 2.55 bits per heavy atom. The molecule has 1 atom stereocenters. The van der Waals surface area contributed by atoms with E-state index in [2.05, 4.69) is 10.6 Å². The Morgan fingerprint density at radius 1 is 1.35 bits per heavy atom. The standard InChI is InChI=1S/C15H31N3O2/c1-15(2,3)20-14(19)18-11-13(17-10-6-9-16)12-7-4-5-8-12/h12-13,17H,4-11,16H2,1-3H3,(H,18,19). The Labute approximate surface area is 123 Å². The number of rotatable bonds is 7. The first kappa shape index (κ1) is 17.2. The maximum atomic E-state index is 11.7. The van der Waals surface area contributed by atoms with Crippen LogP contribution in [0.2, 0.25) is 0 Å². The highest BCUT2D eigenvalue weighted by Gasteiger charge is 2.25. The van der Waals surface area contributed by atoms with Gasteiger partial charge in [0.25, 0.3) is 0 Å². The Bertz CT molecular complexity index is 283. The fourth-order valence-corrected chi connectivity index (χ4v) is 2.66. The van der Waals surface area contributed by atoms with Gasteiger partial charge in [-0.3, -0.25) is 0 Å². The maximum absolute atomic E-state index is 11.7. The van der Waals surface area contributed by atoms with E-state index in [4.69, 9.17) is 10.5 Å². The zero-order chi connectivity index (χ0) is 15.0. The van der Waals surface area contributed by atoms with Gasteiger partial charge in [0.05, 0.1) is 0 Å². The average Bonchev–Trinajstić information content (AvgIpc) is 2.85. The third-order valence-corrected chi connectivity index (χ3v) is 3.62. The van der Waals surface area contributed by atoms with Crippen molar-refractivity contribution in [1.82, 2.24) is 10.6 Å². The summed E-state index contributed by atoms with van der Waals surface area (Å²) < 4.78 is 5.28. The lowest BCUT2D eigenvalue weighted by atomic mass is 9.98. The van der Waals surface area contributed by atoms with Crippen molar-refractivity contribution in [2.75, 3.05) is 19.6 Å². The van der Waals surface area contributed by atoms with Gasteiger partial charge in [-0.05, 0) is 59.0 Å². The summed E-state index contributed by atoms with van der Waals surface area (Å²) in [6, 6.07) is 0.330. The van der Waals surface area contributed by atoms with Crippen molar-refractivity contribution in [2.45, 2.75) is 64.5 Å². The van der Waals surface area contributed by atoms with E-state index in [9.17, 15) is 4.79 Å². The van der Waals surface area contributed by atoms with Gasteiger partial charge < -0.3 is 21.1 Å². The minimum Gasteiger partial charge on any atom is -0.444 e. The van der Waals surface area contributed by atoms with Gasteiger partial charge in [0.1, 0.15) is 5.60 Å². The molecule has 0 bridgehead atoms. The molecular weight excluding hydrogens is 254 g/mol. The van der Waals surface area contributed by atoms with Gasteiger partial charge in [0, 0.05) is 12.6 Å². The van der Waals surface area contributed by atoms with E-state index >= 15 is 0 Å². The number of carbonyl (C=O) groups excluding carboxylic acids is 1. The molecule has 0 spiro atoms. The van der Waals surface area contributed by atoms with Crippen LogP contribution >= 0.6 is 0 Å². The Kier molecular flexibility index (Phi) is 7.30. The molecule has 0 aromatic heterocycles. The van der Waals surface area contributed by atoms with Gasteiger partial charge >= 0.3 is 6.09 Å². The Balaban J connectivity index is 2.37. The van der Waals surface area contributed by atoms with Gasteiger partial charge in [-0.1, -0.05) is 12.8 Å². The van der Waals surface area contributed by atoms with Crippen LogP contribution in [0.3, 0.4) is 0 Å². The second-order valence-electron chi connectivity index (χ2n) is 6.63. The summed E-state index contributed by atoms with van der Waals surface area (Å²) in [6.07, 6.45) is 5.72. The molecule has 1 amide bonds. The summed E-state index contributed by atoms with van der Waals surface area (Å²) in [5.74, 6) is 0.655. The van der Waals surface area contributed by atoms with Crippen LogP contribution in [0.5, 0.6) is 0 Å². The summed E-state index contributed by atoms with van der Waals surface area (Å²) in [5, 5.41) is 6.42. The second-order valence-corrected chi connectivity index (χ2v) is 6.63. The van der Waals surface area contributed by atoms with Crippen molar-refractivity contribution in [1.29, 1.82) is 0 Å². The molecule has 0 aromatic carbocycles. The average molecular weight is 285 g/mol. The third kappa shape index (κ3) is 7.10. The highest BCUT2D eigenvalue weighted by atomic mass is 16.6. The second kappa shape index (κ2) is 8.47. The SMILES string of the molecule is CC(C)(C)OC(=O)NCC(NCCCN)C1CCCC1. The summed E-state index contributed by atoms with van der Waals surface area (Å²) in [4.78, 5) is 11.7. The zero-order valence-electron chi connectivity index (χ0n) is 13.2. The van der Waals surface area contributed by atoms with Crippen LogP contribution in [-0.4, -0.2) is 37.4 Å². The highest BCUT2D eigenvalue weighted by Crippen LogP contribution is 2.27. The van der Waals surface area contributed by atoms with Gasteiger partial charge in [0.15, 0.2) is 0 Å². The van der Waals surface area contributed by atoms with E-state index in [1.807, 2.05) is 20.8 Å². The molecule has 118 valence electrons. The molecule has 20 heavy (non-hydrogen) atoms. The lowest BCUT2D eigenvalue weighted by molar-refractivity contribution is 0.0518. The van der Waals surface area contributed by atoms with Crippen molar-refractivity contribution in [3.63, 3.8) is 0 Å². The Hall–Kier alpha value is -0.810. The van der Waals surface area contributed by atoms with Gasteiger partial charge in [-0.2, -0.15) is 0 Å². The molecule has 0 radical (unpaired) electrons. The molecule has 5 nitrogen and oxygen atoms in total. The van der Waals surface area contributed by atoms with Gasteiger partial charge in [-0.25, -0.2) is 4.79 Å². The molecule has 1 aliphatic rings. The first-order valence-electron chi connectivity index (χ1n) is 7.82. The highest BCUT2D eigenvalue weighted by molar-refractivity contribution is 5.67. The van der Waals surface area contributed by atoms with Crippen molar-refractivity contribution in [2.24, 2.45) is 11.7 Å². The van der Waals surface area contributed by atoms with Crippen molar-refractivity contribution in [3.05, 3.63) is 0 Å². The summed E-state index contributed by atoms with van der Waals surface area (Å²) >= 11 is 0. The van der Waals surface area contributed by atoms with Crippen LogP contribution in [-0.2, 0) is 4.74 Å². The summed E-state index contributed by atoms with van der Waals surface area (Å²) in [7, 11) is 0. The van der Waals surface area contributed by atoms with E-state index in [1.54, 1.807) is 0 Å². The fraction of sp³-hybridized carbons (Fsp3) is 0.933. The number of hydrogen-bond donors (Lipinski definition) is 3. The van der Waals surface area contributed by atoms with Crippen molar-refractivity contribution >= 4 is 6.09 Å². The summed E-state index contributed by atoms with van der Waals surface area (Å²) in [5.41, 5.74) is 5.09. The van der Waals surface area contributed by atoms with E-state index in [0.29, 0.717) is 25.0 Å². The van der Waals surface area contributed by atoms with E-state index in [-0.39, 0.29) is 6.09 Å². The molecule has 0 aliphatic heterocycles. The van der Waals surface area contributed by atoms with E-state index < -0.39 is 5.60 Å². The maximum Gasteiger partial charge on any atom is 0.407 e. The molecule has 1 unspecified atom stereocenters. The first-order chi connectivity index (χ1) is 9.42. The fourth-order valence-electron chi connectivity index (χ4n) is 2.66. The number of nitrogens with one attached hydrogen (secondary N) is 2. The lowest BCUT2D eigenvalue weighted by Gasteiger charge is -2.26. The van der Waals surface area contributed by atoms with E-state index in [0.717, 1.165) is 13.0 Å². The molecule has 1 aliphatic carbocycles. The van der Waals surface area contributed by atoms with E-state index in [1.165, 1.54) is 25.7 Å². The predicted molar refractivity (Wildman–Crippen MR) is 81.7 cm³/mol. The molecule has 0 aromatic rings. The number of amides is 1. The molecule has 1 fully saturated rings.